The summed E-state index contributed by atoms with van der Waals surface area (Å²) in [6, 6.07) is 0.693. The Bertz CT molecular complexity index is 218. The third-order valence-electron chi connectivity index (χ3n) is 3.65. The van der Waals surface area contributed by atoms with Crippen molar-refractivity contribution in [2.45, 2.75) is 38.8 Å². The molecule has 2 heterocycles. The van der Waals surface area contributed by atoms with Crippen LogP contribution in [-0.2, 0) is 4.74 Å². The molecule has 0 aromatic heterocycles. The predicted molar refractivity (Wildman–Crippen MR) is 62.0 cm³/mol. The first kappa shape index (κ1) is 11.4. The third kappa shape index (κ3) is 2.92. The summed E-state index contributed by atoms with van der Waals surface area (Å²) in [6.07, 6.45) is 1.33. The average molecular weight is 212 g/mol. The second-order valence-electron chi connectivity index (χ2n) is 5.67. The number of morpholine rings is 1. The van der Waals surface area contributed by atoms with Crippen LogP contribution in [0.5, 0.6) is 0 Å². The molecule has 1 N–H and O–H groups in total. The largest absolute Gasteiger partial charge is 0.373 e. The molecule has 0 aromatic carbocycles. The third-order valence-corrected chi connectivity index (χ3v) is 3.65. The van der Waals surface area contributed by atoms with Crippen LogP contribution in [0.4, 0.5) is 0 Å². The van der Waals surface area contributed by atoms with Crippen molar-refractivity contribution in [2.75, 3.05) is 32.8 Å². The standard InChI is InChI=1S/C12H24N2O/c1-10-4-5-13-11(10)8-14-6-7-15-12(2,3)9-14/h10-11,13H,4-9H2,1-3H3. The van der Waals surface area contributed by atoms with E-state index in [1.807, 2.05) is 0 Å². The lowest BCUT2D eigenvalue weighted by molar-refractivity contribution is -0.0878. The van der Waals surface area contributed by atoms with E-state index in [-0.39, 0.29) is 5.60 Å². The van der Waals surface area contributed by atoms with Crippen molar-refractivity contribution in [2.24, 2.45) is 5.92 Å². The van der Waals surface area contributed by atoms with Crippen molar-refractivity contribution in [3.63, 3.8) is 0 Å². The van der Waals surface area contributed by atoms with Gasteiger partial charge >= 0.3 is 0 Å². The van der Waals surface area contributed by atoms with E-state index >= 15 is 0 Å². The van der Waals surface area contributed by atoms with Crippen LogP contribution in [0.2, 0.25) is 0 Å². The fraction of sp³-hybridized carbons (Fsp3) is 1.00. The molecule has 0 saturated carbocycles. The molecule has 0 amide bonds. The molecule has 2 fully saturated rings. The SMILES string of the molecule is CC1CCNC1CN1CCOC(C)(C)C1. The molecule has 3 nitrogen and oxygen atoms in total. The molecule has 2 atom stereocenters. The first-order valence-corrected chi connectivity index (χ1v) is 6.16. The van der Waals surface area contributed by atoms with Gasteiger partial charge in [-0.05, 0) is 32.7 Å². The minimum absolute atomic E-state index is 0.0418. The summed E-state index contributed by atoms with van der Waals surface area (Å²) in [7, 11) is 0. The Labute approximate surface area is 93.2 Å². The topological polar surface area (TPSA) is 24.5 Å². The van der Waals surface area contributed by atoms with Crippen LogP contribution in [0.15, 0.2) is 0 Å². The van der Waals surface area contributed by atoms with Gasteiger partial charge in [0, 0.05) is 25.7 Å². The maximum Gasteiger partial charge on any atom is 0.0753 e. The zero-order chi connectivity index (χ0) is 10.9. The molecule has 0 aromatic rings. The predicted octanol–water partition coefficient (Wildman–Crippen LogP) is 1.10. The molecule has 88 valence electrons. The highest BCUT2D eigenvalue weighted by atomic mass is 16.5. The van der Waals surface area contributed by atoms with Gasteiger partial charge in [-0.15, -0.1) is 0 Å². The van der Waals surface area contributed by atoms with Crippen LogP contribution < -0.4 is 5.32 Å². The quantitative estimate of drug-likeness (QED) is 0.742. The molecular formula is C12H24N2O. The molecular weight excluding hydrogens is 188 g/mol. The summed E-state index contributed by atoms with van der Waals surface area (Å²) in [5.74, 6) is 0.830. The van der Waals surface area contributed by atoms with Gasteiger partial charge in [0.05, 0.1) is 12.2 Å². The maximum atomic E-state index is 5.72. The van der Waals surface area contributed by atoms with Crippen molar-refractivity contribution in [3.05, 3.63) is 0 Å². The fourth-order valence-electron chi connectivity index (χ4n) is 2.69. The minimum Gasteiger partial charge on any atom is -0.373 e. The van der Waals surface area contributed by atoms with Crippen LogP contribution in [-0.4, -0.2) is 49.3 Å². The second kappa shape index (κ2) is 4.40. The summed E-state index contributed by atoms with van der Waals surface area (Å²) in [4.78, 5) is 2.54. The highest BCUT2D eigenvalue weighted by Crippen LogP contribution is 2.20. The highest BCUT2D eigenvalue weighted by molar-refractivity contribution is 4.87. The molecule has 2 aliphatic rings. The van der Waals surface area contributed by atoms with Gasteiger partial charge in [0.15, 0.2) is 0 Å². The van der Waals surface area contributed by atoms with E-state index in [1.165, 1.54) is 19.5 Å². The number of rotatable bonds is 2. The maximum absolute atomic E-state index is 5.72. The first-order chi connectivity index (χ1) is 7.07. The van der Waals surface area contributed by atoms with Crippen LogP contribution in [0.1, 0.15) is 27.2 Å². The summed E-state index contributed by atoms with van der Waals surface area (Å²) in [5.41, 5.74) is 0.0418. The van der Waals surface area contributed by atoms with Crippen molar-refractivity contribution < 1.29 is 4.74 Å². The number of hydrogen-bond acceptors (Lipinski definition) is 3. The molecule has 2 unspecified atom stereocenters. The Morgan fingerprint density at radius 3 is 2.87 bits per heavy atom. The Morgan fingerprint density at radius 1 is 1.47 bits per heavy atom. The van der Waals surface area contributed by atoms with Crippen molar-refractivity contribution in [1.82, 2.24) is 10.2 Å². The van der Waals surface area contributed by atoms with Crippen molar-refractivity contribution >= 4 is 0 Å². The van der Waals surface area contributed by atoms with Crippen LogP contribution in [0, 0.1) is 5.92 Å². The van der Waals surface area contributed by atoms with E-state index in [4.69, 9.17) is 4.74 Å². The Kier molecular flexibility index (Phi) is 3.33. The van der Waals surface area contributed by atoms with Gasteiger partial charge in [0.25, 0.3) is 0 Å². The first-order valence-electron chi connectivity index (χ1n) is 6.16. The second-order valence-corrected chi connectivity index (χ2v) is 5.67. The van der Waals surface area contributed by atoms with E-state index in [2.05, 4.69) is 31.0 Å². The van der Waals surface area contributed by atoms with Gasteiger partial charge in [-0.25, -0.2) is 0 Å². The van der Waals surface area contributed by atoms with E-state index in [1.54, 1.807) is 0 Å². The number of nitrogens with zero attached hydrogens (tertiary/aromatic N) is 1. The normalized spacial score (nSPS) is 37.0. The van der Waals surface area contributed by atoms with E-state index in [0.717, 1.165) is 25.6 Å². The lowest BCUT2D eigenvalue weighted by atomic mass is 10.0. The molecule has 0 spiro atoms. The smallest absolute Gasteiger partial charge is 0.0753 e. The number of hydrogen-bond donors (Lipinski definition) is 1. The van der Waals surface area contributed by atoms with Crippen LogP contribution >= 0.6 is 0 Å². The van der Waals surface area contributed by atoms with Crippen LogP contribution in [0.25, 0.3) is 0 Å². The van der Waals surface area contributed by atoms with E-state index < -0.39 is 0 Å². The van der Waals surface area contributed by atoms with Gasteiger partial charge in [-0.1, -0.05) is 6.92 Å². The van der Waals surface area contributed by atoms with Crippen molar-refractivity contribution in [3.8, 4) is 0 Å². The van der Waals surface area contributed by atoms with Gasteiger partial charge in [-0.3, -0.25) is 4.90 Å². The molecule has 3 heteroatoms. The summed E-state index contributed by atoms with van der Waals surface area (Å²) in [6.45, 7) is 12.2. The highest BCUT2D eigenvalue weighted by Gasteiger charge is 2.31. The van der Waals surface area contributed by atoms with Gasteiger partial charge in [-0.2, -0.15) is 0 Å². The zero-order valence-electron chi connectivity index (χ0n) is 10.3. The van der Waals surface area contributed by atoms with Gasteiger partial charge in [0.2, 0.25) is 0 Å². The molecule has 0 bridgehead atoms. The molecule has 2 aliphatic heterocycles. The molecule has 2 rings (SSSR count). The van der Waals surface area contributed by atoms with E-state index in [0.29, 0.717) is 6.04 Å². The molecule has 15 heavy (non-hydrogen) atoms. The minimum atomic E-state index is 0.0418. The number of ether oxygens (including phenoxy) is 1. The molecule has 2 saturated heterocycles. The summed E-state index contributed by atoms with van der Waals surface area (Å²) < 4.78 is 5.72. The Balaban J connectivity index is 1.83. The van der Waals surface area contributed by atoms with Crippen molar-refractivity contribution in [1.29, 1.82) is 0 Å². The molecule has 0 radical (unpaired) electrons. The Morgan fingerprint density at radius 2 is 2.27 bits per heavy atom. The lowest BCUT2D eigenvalue weighted by Crippen LogP contribution is -2.52. The van der Waals surface area contributed by atoms with Crippen LogP contribution in [0.3, 0.4) is 0 Å². The van der Waals surface area contributed by atoms with Gasteiger partial charge in [0.1, 0.15) is 0 Å². The average Bonchev–Trinajstić information content (AvgIpc) is 2.50. The van der Waals surface area contributed by atoms with E-state index in [9.17, 15) is 0 Å². The molecule has 0 aliphatic carbocycles. The summed E-state index contributed by atoms with van der Waals surface area (Å²) in [5, 5.41) is 3.60. The lowest BCUT2D eigenvalue weighted by Gasteiger charge is -2.39. The monoisotopic (exact) mass is 212 g/mol. The zero-order valence-corrected chi connectivity index (χ0v) is 10.3. The summed E-state index contributed by atoms with van der Waals surface area (Å²) >= 11 is 0. The number of nitrogens with one attached hydrogen (secondary N) is 1. The Hall–Kier alpha value is -0.120. The fourth-order valence-corrected chi connectivity index (χ4v) is 2.69. The van der Waals surface area contributed by atoms with Gasteiger partial charge < -0.3 is 10.1 Å².